The minimum absolute atomic E-state index is 0.0531. The second kappa shape index (κ2) is 7.39. The van der Waals surface area contributed by atoms with Crippen LogP contribution >= 0.6 is 17.8 Å². The molecule has 0 heterocycles. The summed E-state index contributed by atoms with van der Waals surface area (Å²) in [6.45, 7) is 4.50. The van der Waals surface area contributed by atoms with Crippen LogP contribution in [0.4, 0.5) is 0 Å². The summed E-state index contributed by atoms with van der Waals surface area (Å²) in [5.74, 6) is 0. The maximum atomic E-state index is 6.80. The monoisotopic (exact) mass is 428 g/mol. The molecule has 0 aliphatic carbocycles. The van der Waals surface area contributed by atoms with Crippen LogP contribution in [0.1, 0.15) is 25.0 Å². The average Bonchev–Trinajstić information content (AvgIpc) is 2.46. The van der Waals surface area contributed by atoms with Gasteiger partial charge in [0.25, 0.3) is 0 Å². The summed E-state index contributed by atoms with van der Waals surface area (Å²) in [5, 5.41) is 0. The Labute approximate surface area is 139 Å². The summed E-state index contributed by atoms with van der Waals surface area (Å²) in [7, 11) is 13.6. The summed E-state index contributed by atoms with van der Waals surface area (Å²) < 4.78 is 1.92. The van der Waals surface area contributed by atoms with E-state index in [2.05, 4.69) is 62.4 Å². The number of halogens is 2. The van der Waals surface area contributed by atoms with Crippen molar-refractivity contribution in [1.29, 1.82) is 0 Å². The van der Waals surface area contributed by atoms with E-state index in [9.17, 15) is 0 Å². The number of hydrogen-bond donors (Lipinski definition) is 0. The van der Waals surface area contributed by atoms with Crippen LogP contribution in [0.2, 0.25) is 8.87 Å². The van der Waals surface area contributed by atoms with Crippen molar-refractivity contribution < 1.29 is 0 Å². The molecule has 0 atom stereocenters. The van der Waals surface area contributed by atoms with Gasteiger partial charge in [0.05, 0.1) is 0 Å². The number of benzene rings is 2. The van der Waals surface area contributed by atoms with E-state index < -0.39 is 16.1 Å². The molecule has 112 valence electrons. The van der Waals surface area contributed by atoms with E-state index in [1.165, 1.54) is 11.1 Å². The molecule has 0 saturated heterocycles. The van der Waals surface area contributed by atoms with Crippen LogP contribution < -0.4 is 0 Å². The maximum absolute atomic E-state index is 6.80. The topological polar surface area (TPSA) is 0 Å². The van der Waals surface area contributed by atoms with Gasteiger partial charge < -0.3 is 0 Å². The van der Waals surface area contributed by atoms with Gasteiger partial charge in [-0.05, 0) is 0 Å². The number of hydrogen-bond acceptors (Lipinski definition) is 0. The Kier molecular flexibility index (Phi) is 6.04. The zero-order chi connectivity index (χ0) is 15.3. The number of rotatable bonds is 6. The van der Waals surface area contributed by atoms with Crippen LogP contribution in [0.25, 0.3) is 0 Å². The first-order valence-electron chi connectivity index (χ1n) is 7.36. The van der Waals surface area contributed by atoms with Crippen LogP contribution in [0.5, 0.6) is 0 Å². The van der Waals surface area contributed by atoms with Gasteiger partial charge in [-0.2, -0.15) is 0 Å². The molecule has 0 nitrogen and oxygen atoms in total. The van der Waals surface area contributed by atoms with Crippen LogP contribution in [0.3, 0.4) is 0 Å². The van der Waals surface area contributed by atoms with Gasteiger partial charge in [-0.1, -0.05) is 0 Å². The molecule has 0 fully saturated rings. The fourth-order valence-electron chi connectivity index (χ4n) is 2.70. The van der Waals surface area contributed by atoms with E-state index in [0.29, 0.717) is 0 Å². The SMILES string of the molecule is CC(C)([CH2][Sn]([Cl])([Cl])[CH2]Cc1ccccc1)c1ccccc1. The molecule has 0 spiro atoms. The van der Waals surface area contributed by atoms with Crippen molar-refractivity contribution in [3.63, 3.8) is 0 Å². The Morgan fingerprint density at radius 1 is 0.857 bits per heavy atom. The molecule has 21 heavy (non-hydrogen) atoms. The van der Waals surface area contributed by atoms with Crippen molar-refractivity contribution in [2.24, 2.45) is 0 Å². The van der Waals surface area contributed by atoms with Gasteiger partial charge in [0.1, 0.15) is 0 Å². The third kappa shape index (κ3) is 5.50. The quantitative estimate of drug-likeness (QED) is 0.486. The summed E-state index contributed by atoms with van der Waals surface area (Å²) in [5.41, 5.74) is 2.71. The standard InChI is InChI=1S/C10H13.C8H9.2ClH.Sn/c1-10(2,3)9-7-5-4-6-8-9;1-2-8-6-4-3-5-7-8;;;/h4-8H,1H2,2-3H3;3-7H,1-2H2;2*1H;/q;;;;+2/p-2. The molecule has 0 aromatic heterocycles. The second-order valence-electron chi connectivity index (χ2n) is 6.27. The summed E-state index contributed by atoms with van der Waals surface area (Å²) >= 11 is -3.05. The molecule has 0 saturated carbocycles. The van der Waals surface area contributed by atoms with Gasteiger partial charge >= 0.3 is 140 Å². The number of aryl methyl sites for hydroxylation is 1. The van der Waals surface area contributed by atoms with Crippen LogP contribution in [0.15, 0.2) is 60.7 Å². The molecule has 0 amide bonds. The van der Waals surface area contributed by atoms with Crippen molar-refractivity contribution in [3.8, 4) is 0 Å². The molecule has 2 rings (SSSR count). The summed E-state index contributed by atoms with van der Waals surface area (Å²) in [6, 6.07) is 21.1. The van der Waals surface area contributed by atoms with Gasteiger partial charge in [-0.3, -0.25) is 0 Å². The molecular formula is C18H22Cl2Sn. The van der Waals surface area contributed by atoms with Crippen molar-refractivity contribution in [3.05, 3.63) is 71.8 Å². The molecule has 3 heteroatoms. The molecule has 2 aromatic carbocycles. The van der Waals surface area contributed by atoms with E-state index in [0.717, 1.165) is 15.3 Å². The first-order chi connectivity index (χ1) is 9.89. The van der Waals surface area contributed by atoms with E-state index in [1.54, 1.807) is 0 Å². The van der Waals surface area contributed by atoms with Gasteiger partial charge in [0.2, 0.25) is 0 Å². The fraction of sp³-hybridized carbons (Fsp3) is 0.333. The normalized spacial score (nSPS) is 12.4. The van der Waals surface area contributed by atoms with Gasteiger partial charge in [0, 0.05) is 0 Å². The Bertz CT molecular complexity index is 550. The first-order valence-corrected chi connectivity index (χ1v) is 18.6. The van der Waals surface area contributed by atoms with Crippen LogP contribution in [0, 0.1) is 0 Å². The van der Waals surface area contributed by atoms with Gasteiger partial charge in [0.15, 0.2) is 0 Å². The van der Waals surface area contributed by atoms with Crippen molar-refractivity contribution in [2.75, 3.05) is 0 Å². The van der Waals surface area contributed by atoms with E-state index in [-0.39, 0.29) is 5.41 Å². The Morgan fingerprint density at radius 2 is 1.38 bits per heavy atom. The third-order valence-corrected chi connectivity index (χ3v) is 15.0. The van der Waals surface area contributed by atoms with Crippen molar-refractivity contribution >= 4 is 34.0 Å². The second-order valence-corrected chi connectivity index (χ2v) is 24.6. The molecule has 2 aromatic rings. The summed E-state index contributed by atoms with van der Waals surface area (Å²) in [6.07, 6.45) is 0.995. The molecule has 0 N–H and O–H groups in total. The van der Waals surface area contributed by atoms with Gasteiger partial charge in [-0.15, -0.1) is 0 Å². The zero-order valence-corrected chi connectivity index (χ0v) is 17.0. The van der Waals surface area contributed by atoms with E-state index in [1.807, 2.05) is 12.1 Å². The predicted octanol–water partition coefficient (Wildman–Crippen LogP) is 6.13. The molecule has 0 radical (unpaired) electrons. The Morgan fingerprint density at radius 3 is 1.95 bits per heavy atom. The fourth-order valence-corrected chi connectivity index (χ4v) is 15.1. The van der Waals surface area contributed by atoms with E-state index >= 15 is 0 Å². The average molecular weight is 428 g/mol. The van der Waals surface area contributed by atoms with Gasteiger partial charge in [-0.25, -0.2) is 0 Å². The summed E-state index contributed by atoms with van der Waals surface area (Å²) in [4.78, 5) is 0. The zero-order valence-electron chi connectivity index (χ0n) is 12.7. The molecule has 0 bridgehead atoms. The minimum atomic E-state index is -3.05. The molecule has 0 aliphatic heterocycles. The van der Waals surface area contributed by atoms with Crippen LogP contribution in [-0.4, -0.2) is 16.1 Å². The molecule has 0 aliphatic rings. The Balaban J connectivity index is 2.00. The first kappa shape index (κ1) is 17.2. The van der Waals surface area contributed by atoms with E-state index in [4.69, 9.17) is 17.8 Å². The third-order valence-electron chi connectivity index (χ3n) is 3.88. The van der Waals surface area contributed by atoms with Crippen LogP contribution in [-0.2, 0) is 11.8 Å². The predicted molar refractivity (Wildman–Crippen MR) is 96.7 cm³/mol. The van der Waals surface area contributed by atoms with Crippen molar-refractivity contribution in [1.82, 2.24) is 0 Å². The molecular weight excluding hydrogens is 406 g/mol. The van der Waals surface area contributed by atoms with Crippen molar-refractivity contribution in [2.45, 2.75) is 34.6 Å². The molecule has 0 unspecified atom stereocenters. The Hall–Kier alpha value is -0.181.